The highest BCUT2D eigenvalue weighted by Gasteiger charge is 2.20. The van der Waals surface area contributed by atoms with Gasteiger partial charge in [0.1, 0.15) is 0 Å². The smallest absolute Gasteiger partial charge is 0.248 e. The van der Waals surface area contributed by atoms with E-state index in [-0.39, 0.29) is 5.70 Å². The molecule has 0 radical (unpaired) electrons. The van der Waals surface area contributed by atoms with Crippen LogP contribution in [0.1, 0.15) is 27.8 Å². The second-order valence-corrected chi connectivity index (χ2v) is 7.18. The molecule has 0 aromatic heterocycles. The van der Waals surface area contributed by atoms with E-state index in [1.165, 1.54) is 6.08 Å². The van der Waals surface area contributed by atoms with Gasteiger partial charge in [-0.15, -0.1) is 0 Å². The van der Waals surface area contributed by atoms with Crippen LogP contribution in [-0.4, -0.2) is 17.9 Å². The topological polar surface area (TPSA) is 70.0 Å². The first kappa shape index (κ1) is 21.7. The second kappa shape index (κ2) is 10.1. The summed E-state index contributed by atoms with van der Waals surface area (Å²) in [7, 11) is 0. The molecule has 3 aromatic rings. The van der Waals surface area contributed by atoms with Gasteiger partial charge in [-0.1, -0.05) is 84.4 Å². The van der Waals surface area contributed by atoms with Crippen molar-refractivity contribution in [2.75, 3.05) is 0 Å². The molecule has 0 saturated heterocycles. The molecule has 3 rings (SSSR count). The third-order valence-electron chi connectivity index (χ3n) is 4.83. The van der Waals surface area contributed by atoms with Crippen molar-refractivity contribution in [1.82, 2.24) is 5.32 Å². The molecule has 1 amide bonds. The average molecular weight is 409 g/mol. The third kappa shape index (κ3) is 5.52. The summed E-state index contributed by atoms with van der Waals surface area (Å²) < 4.78 is 0. The molecule has 0 spiro atoms. The van der Waals surface area contributed by atoms with E-state index in [1.54, 1.807) is 6.08 Å². The number of carbonyl (C=O) groups excluding carboxylic acids is 2. The average Bonchev–Trinajstić information content (AvgIpc) is 2.80. The first-order valence-electron chi connectivity index (χ1n) is 9.96. The van der Waals surface area contributed by atoms with Gasteiger partial charge in [-0.05, 0) is 42.2 Å². The molecule has 0 fully saturated rings. The normalized spacial score (nSPS) is 11.7. The van der Waals surface area contributed by atoms with Crippen LogP contribution in [0, 0.1) is 19.3 Å². The van der Waals surface area contributed by atoms with Crippen molar-refractivity contribution >= 4 is 29.6 Å². The Hall–Kier alpha value is -4.05. The zero-order valence-corrected chi connectivity index (χ0v) is 17.6. The maximum absolute atomic E-state index is 12.8. The van der Waals surface area contributed by atoms with Crippen LogP contribution >= 0.6 is 0 Å². The van der Waals surface area contributed by atoms with E-state index in [4.69, 9.17) is 5.41 Å². The van der Waals surface area contributed by atoms with Crippen molar-refractivity contribution in [2.24, 2.45) is 0 Å². The first-order chi connectivity index (χ1) is 15.0. The molecule has 2 N–H and O–H groups in total. The highest BCUT2D eigenvalue weighted by atomic mass is 16.2. The van der Waals surface area contributed by atoms with E-state index in [1.807, 2.05) is 92.7 Å². The number of Topliss-reactive ketones (excluding diaryl/α,β-unsaturated/α-hetero) is 1. The molecule has 0 aliphatic heterocycles. The van der Waals surface area contributed by atoms with Gasteiger partial charge in [-0.3, -0.25) is 9.59 Å². The Morgan fingerprint density at radius 2 is 1.52 bits per heavy atom. The lowest BCUT2D eigenvalue weighted by Gasteiger charge is -2.17. The fourth-order valence-corrected chi connectivity index (χ4v) is 3.26. The van der Waals surface area contributed by atoms with Gasteiger partial charge < -0.3 is 10.7 Å². The zero-order chi connectivity index (χ0) is 22.2. The minimum atomic E-state index is -0.568. The van der Waals surface area contributed by atoms with Gasteiger partial charge in [-0.25, -0.2) is 0 Å². The van der Waals surface area contributed by atoms with Crippen molar-refractivity contribution in [3.8, 4) is 0 Å². The number of hydrogen-bond acceptors (Lipinski definition) is 3. The maximum Gasteiger partial charge on any atom is 0.248 e. The summed E-state index contributed by atoms with van der Waals surface area (Å²) in [6.45, 7) is 3.94. The number of carbonyl (C=O) groups is 2. The Labute approximate surface area is 182 Å². The number of ketones is 1. The molecular formula is C27H24N2O2. The van der Waals surface area contributed by atoms with Gasteiger partial charge >= 0.3 is 0 Å². The molecule has 0 bridgehead atoms. The molecule has 0 heterocycles. The minimum absolute atomic E-state index is 0.0811. The number of nitrogens with one attached hydrogen (secondary N) is 2. The monoisotopic (exact) mass is 408 g/mol. The van der Waals surface area contributed by atoms with Crippen LogP contribution in [0.3, 0.4) is 0 Å². The van der Waals surface area contributed by atoms with Crippen LogP contribution in [0.5, 0.6) is 0 Å². The van der Waals surface area contributed by atoms with Crippen LogP contribution in [0.2, 0.25) is 0 Å². The van der Waals surface area contributed by atoms with E-state index in [2.05, 4.69) is 5.32 Å². The van der Waals surface area contributed by atoms with Crippen LogP contribution < -0.4 is 5.32 Å². The van der Waals surface area contributed by atoms with Crippen molar-refractivity contribution in [3.63, 3.8) is 0 Å². The van der Waals surface area contributed by atoms with Gasteiger partial charge in [0.25, 0.3) is 0 Å². The largest absolute Gasteiger partial charge is 0.319 e. The molecule has 4 nitrogen and oxygen atoms in total. The van der Waals surface area contributed by atoms with Crippen molar-refractivity contribution in [3.05, 3.63) is 118 Å². The minimum Gasteiger partial charge on any atom is -0.319 e. The molecule has 0 aliphatic carbocycles. The van der Waals surface area contributed by atoms with E-state index in [0.29, 0.717) is 5.57 Å². The lowest BCUT2D eigenvalue weighted by Crippen LogP contribution is -2.28. The Balaban J connectivity index is 2.13. The summed E-state index contributed by atoms with van der Waals surface area (Å²) >= 11 is 0. The number of amides is 1. The second-order valence-electron chi connectivity index (χ2n) is 7.18. The summed E-state index contributed by atoms with van der Waals surface area (Å²) in [5.74, 6) is -1.01. The molecule has 3 aromatic carbocycles. The summed E-state index contributed by atoms with van der Waals surface area (Å²) in [6, 6.07) is 24.8. The van der Waals surface area contributed by atoms with E-state index >= 15 is 0 Å². The van der Waals surface area contributed by atoms with Gasteiger partial charge in [0, 0.05) is 11.6 Å². The van der Waals surface area contributed by atoms with E-state index < -0.39 is 11.7 Å². The standard InChI is InChI=1S/C27H24N2O2/c1-19-13-14-20(2)23(17-19)26(22-11-7-4-8-12-22)27(24(30)18-28)29-25(31)16-15-21-9-5-3-6-10-21/h3-18,28H,1-2H3,(H,29,31)/b16-15+,27-26+,28-18?. The fraction of sp³-hybridized carbons (Fsp3) is 0.0741. The Bertz CT molecular complexity index is 1160. The molecule has 0 atom stereocenters. The number of benzene rings is 3. The Morgan fingerprint density at radius 1 is 0.871 bits per heavy atom. The number of allylic oxidation sites excluding steroid dienone is 1. The van der Waals surface area contributed by atoms with Crippen molar-refractivity contribution in [1.29, 1.82) is 5.41 Å². The first-order valence-corrected chi connectivity index (χ1v) is 9.96. The van der Waals surface area contributed by atoms with Crippen molar-refractivity contribution < 1.29 is 9.59 Å². The fourth-order valence-electron chi connectivity index (χ4n) is 3.26. The third-order valence-corrected chi connectivity index (χ3v) is 4.83. The summed E-state index contributed by atoms with van der Waals surface area (Å²) in [6.07, 6.45) is 3.80. The predicted molar refractivity (Wildman–Crippen MR) is 126 cm³/mol. The molecular weight excluding hydrogens is 384 g/mol. The Morgan fingerprint density at radius 3 is 2.16 bits per heavy atom. The molecule has 0 saturated carbocycles. The molecule has 0 aliphatic rings. The molecule has 0 unspecified atom stereocenters. The number of rotatable bonds is 7. The van der Waals surface area contributed by atoms with Crippen molar-refractivity contribution in [2.45, 2.75) is 13.8 Å². The van der Waals surface area contributed by atoms with Gasteiger partial charge in [-0.2, -0.15) is 0 Å². The van der Waals surface area contributed by atoms with Gasteiger partial charge in [0.05, 0.1) is 11.9 Å². The van der Waals surface area contributed by atoms with Crippen LogP contribution in [0.4, 0.5) is 0 Å². The van der Waals surface area contributed by atoms with Gasteiger partial charge in [0.15, 0.2) is 0 Å². The van der Waals surface area contributed by atoms with E-state index in [9.17, 15) is 9.59 Å². The van der Waals surface area contributed by atoms with Crippen LogP contribution in [0.25, 0.3) is 11.6 Å². The summed E-state index contributed by atoms with van der Waals surface area (Å²) in [4.78, 5) is 25.5. The number of aryl methyl sites for hydroxylation is 2. The maximum atomic E-state index is 12.8. The van der Waals surface area contributed by atoms with Crippen LogP contribution in [-0.2, 0) is 9.59 Å². The lowest BCUT2D eigenvalue weighted by molar-refractivity contribution is -0.117. The zero-order valence-electron chi connectivity index (χ0n) is 17.6. The molecule has 31 heavy (non-hydrogen) atoms. The lowest BCUT2D eigenvalue weighted by atomic mass is 9.90. The Kier molecular flexibility index (Phi) is 7.07. The predicted octanol–water partition coefficient (Wildman–Crippen LogP) is 5.11. The quantitative estimate of drug-likeness (QED) is 0.421. The number of hydrogen-bond donors (Lipinski definition) is 2. The van der Waals surface area contributed by atoms with E-state index in [0.717, 1.165) is 34.0 Å². The van der Waals surface area contributed by atoms with Crippen LogP contribution in [0.15, 0.2) is 90.6 Å². The molecule has 154 valence electrons. The molecule has 4 heteroatoms. The summed E-state index contributed by atoms with van der Waals surface area (Å²) in [5, 5.41) is 10.3. The highest BCUT2D eigenvalue weighted by molar-refractivity contribution is 6.37. The summed E-state index contributed by atoms with van der Waals surface area (Å²) in [5.41, 5.74) is 5.17. The van der Waals surface area contributed by atoms with Gasteiger partial charge in [0.2, 0.25) is 11.7 Å². The SMILES string of the molecule is Cc1ccc(C)c(/C(=C(/NC(=O)/C=C/c2ccccc2)C(=O)C=N)c2ccccc2)c1. The highest BCUT2D eigenvalue weighted by Crippen LogP contribution is 2.29.